The first-order valence-corrected chi connectivity index (χ1v) is 10.7. The molecule has 0 saturated carbocycles. The van der Waals surface area contributed by atoms with Crippen molar-refractivity contribution in [1.82, 2.24) is 9.80 Å². The number of benzene rings is 1. The molecule has 154 valence electrons. The monoisotopic (exact) mass is 387 g/mol. The first-order chi connectivity index (χ1) is 13.6. The Morgan fingerprint density at radius 2 is 1.79 bits per heavy atom. The Bertz CT molecular complexity index is 688. The van der Waals surface area contributed by atoms with Crippen LogP contribution in [0.2, 0.25) is 0 Å². The van der Waals surface area contributed by atoms with Gasteiger partial charge in [0.05, 0.1) is 13.7 Å². The van der Waals surface area contributed by atoms with Crippen LogP contribution in [0.3, 0.4) is 0 Å². The molecule has 3 saturated heterocycles. The molecule has 3 heterocycles. The smallest absolute Gasteiger partial charge is 0.410 e. The molecule has 2 bridgehead atoms. The average Bonchev–Trinajstić information content (AvgIpc) is 2.98. The summed E-state index contributed by atoms with van der Waals surface area (Å²) in [6.07, 6.45) is 6.07. The Hall–Kier alpha value is -1.79. The van der Waals surface area contributed by atoms with Crippen molar-refractivity contribution < 1.29 is 14.3 Å². The number of rotatable bonds is 4. The maximum absolute atomic E-state index is 12.3. The predicted octanol–water partition coefficient (Wildman–Crippen LogP) is 3.10. The highest BCUT2D eigenvalue weighted by Crippen LogP contribution is 2.41. The van der Waals surface area contributed by atoms with Crippen LogP contribution >= 0.6 is 0 Å². The highest BCUT2D eigenvalue weighted by atomic mass is 16.6. The molecule has 1 aromatic carbocycles. The topological polar surface area (TPSA) is 68.0 Å². The van der Waals surface area contributed by atoms with E-state index in [2.05, 4.69) is 11.0 Å². The van der Waals surface area contributed by atoms with Crippen LogP contribution in [0.5, 0.6) is 5.75 Å². The molecule has 0 radical (unpaired) electrons. The third-order valence-corrected chi connectivity index (χ3v) is 7.04. The lowest BCUT2D eigenvalue weighted by Crippen LogP contribution is -2.56. The third kappa shape index (κ3) is 3.48. The van der Waals surface area contributed by atoms with E-state index in [1.165, 1.54) is 0 Å². The van der Waals surface area contributed by atoms with Gasteiger partial charge in [-0.05, 0) is 51.5 Å². The molecule has 6 heteroatoms. The van der Waals surface area contributed by atoms with Gasteiger partial charge in [-0.3, -0.25) is 0 Å². The molecule has 4 rings (SSSR count). The van der Waals surface area contributed by atoms with E-state index in [4.69, 9.17) is 15.2 Å². The Morgan fingerprint density at radius 1 is 1.14 bits per heavy atom. The van der Waals surface area contributed by atoms with Crippen molar-refractivity contribution in [3.63, 3.8) is 0 Å². The summed E-state index contributed by atoms with van der Waals surface area (Å²) in [5.74, 6) is 0.888. The lowest BCUT2D eigenvalue weighted by Gasteiger charge is -2.47. The molecular formula is C22H33N3O3. The van der Waals surface area contributed by atoms with Crippen LogP contribution in [0.15, 0.2) is 24.3 Å². The molecule has 3 aliphatic heterocycles. The van der Waals surface area contributed by atoms with Crippen molar-refractivity contribution in [2.45, 2.75) is 69.1 Å². The maximum atomic E-state index is 12.3. The number of carbonyl (C=O) groups is 1. The highest BCUT2D eigenvalue weighted by Gasteiger charge is 2.46. The molecule has 0 spiro atoms. The van der Waals surface area contributed by atoms with Gasteiger partial charge in [0, 0.05) is 42.3 Å². The van der Waals surface area contributed by atoms with E-state index in [1.807, 2.05) is 30.0 Å². The zero-order valence-corrected chi connectivity index (χ0v) is 17.1. The number of amides is 1. The second kappa shape index (κ2) is 7.91. The molecule has 3 fully saturated rings. The molecular weight excluding hydrogens is 354 g/mol. The zero-order chi connectivity index (χ0) is 19.7. The molecule has 6 nitrogen and oxygen atoms in total. The van der Waals surface area contributed by atoms with Crippen molar-refractivity contribution in [2.24, 2.45) is 5.73 Å². The van der Waals surface area contributed by atoms with Crippen LogP contribution in [0.25, 0.3) is 0 Å². The molecule has 0 aromatic heterocycles. The fourth-order valence-electron chi connectivity index (χ4n) is 5.56. The second-order valence-corrected chi connectivity index (χ2v) is 8.51. The summed E-state index contributed by atoms with van der Waals surface area (Å²) in [7, 11) is 1.71. The van der Waals surface area contributed by atoms with Crippen LogP contribution in [0.4, 0.5) is 4.79 Å². The fourth-order valence-corrected chi connectivity index (χ4v) is 5.56. The molecule has 1 aromatic rings. The van der Waals surface area contributed by atoms with Gasteiger partial charge in [-0.15, -0.1) is 0 Å². The second-order valence-electron chi connectivity index (χ2n) is 8.51. The van der Waals surface area contributed by atoms with Crippen LogP contribution in [0, 0.1) is 0 Å². The number of piperidine rings is 2. The fraction of sp³-hybridized carbons (Fsp3) is 0.682. The summed E-state index contributed by atoms with van der Waals surface area (Å²) in [5.41, 5.74) is 7.63. The summed E-state index contributed by atoms with van der Waals surface area (Å²) in [5, 5.41) is 0. The molecule has 0 aliphatic carbocycles. The Labute approximate surface area is 168 Å². The number of hydrogen-bond donors (Lipinski definition) is 1. The number of para-hydroxylation sites is 1. The lowest BCUT2D eigenvalue weighted by atomic mass is 9.80. The number of methoxy groups -OCH3 is 1. The lowest BCUT2D eigenvalue weighted by molar-refractivity contribution is 0.0273. The molecule has 2 atom stereocenters. The number of carbonyl (C=O) groups excluding carboxylic acids is 1. The number of fused-ring (bicyclic) bond motifs is 2. The van der Waals surface area contributed by atoms with E-state index < -0.39 is 0 Å². The third-order valence-electron chi connectivity index (χ3n) is 7.04. The standard InChI is InChI=1S/C22H33N3O3/c1-3-28-21(26)25-16-8-9-17(25)15-18(14-16)24-12-10-22(23,11-13-24)19-6-4-5-7-20(19)27-2/h4-7,16-18H,3,8-15,23H2,1-2H3. The molecule has 1 amide bonds. The zero-order valence-electron chi connectivity index (χ0n) is 17.1. The molecule has 2 N–H and O–H groups in total. The normalized spacial score (nSPS) is 29.5. The van der Waals surface area contributed by atoms with Gasteiger partial charge in [0.15, 0.2) is 0 Å². The average molecular weight is 388 g/mol. The van der Waals surface area contributed by atoms with Gasteiger partial charge in [-0.25, -0.2) is 4.79 Å². The van der Waals surface area contributed by atoms with Crippen LogP contribution < -0.4 is 10.5 Å². The van der Waals surface area contributed by atoms with E-state index in [1.54, 1.807) is 7.11 Å². The van der Waals surface area contributed by atoms with Crippen molar-refractivity contribution in [2.75, 3.05) is 26.8 Å². The van der Waals surface area contributed by atoms with Crippen LogP contribution in [-0.2, 0) is 10.3 Å². The van der Waals surface area contributed by atoms with E-state index >= 15 is 0 Å². The van der Waals surface area contributed by atoms with E-state index in [-0.39, 0.29) is 11.6 Å². The van der Waals surface area contributed by atoms with Gasteiger partial charge in [0.1, 0.15) is 5.75 Å². The number of hydrogen-bond acceptors (Lipinski definition) is 5. The van der Waals surface area contributed by atoms with Gasteiger partial charge < -0.3 is 25.0 Å². The highest BCUT2D eigenvalue weighted by molar-refractivity contribution is 5.69. The SMILES string of the molecule is CCOC(=O)N1C2CCC1CC(N1CCC(N)(c3ccccc3OC)CC1)C2. The van der Waals surface area contributed by atoms with Crippen LogP contribution in [-0.4, -0.2) is 60.8 Å². The number of likely N-dealkylation sites (tertiary alicyclic amines) is 1. The summed E-state index contributed by atoms with van der Waals surface area (Å²) in [4.78, 5) is 16.9. The van der Waals surface area contributed by atoms with Gasteiger partial charge in [0.2, 0.25) is 0 Å². The number of nitrogens with two attached hydrogens (primary N) is 1. The molecule has 28 heavy (non-hydrogen) atoms. The minimum absolute atomic E-state index is 0.121. The predicted molar refractivity (Wildman–Crippen MR) is 108 cm³/mol. The van der Waals surface area contributed by atoms with E-state index in [0.29, 0.717) is 24.7 Å². The quantitative estimate of drug-likeness (QED) is 0.860. The summed E-state index contributed by atoms with van der Waals surface area (Å²) in [6.45, 7) is 4.32. The van der Waals surface area contributed by atoms with Crippen molar-refractivity contribution in [1.29, 1.82) is 0 Å². The number of nitrogens with zero attached hydrogens (tertiary/aromatic N) is 2. The minimum atomic E-state index is -0.326. The molecule has 3 aliphatic rings. The Kier molecular flexibility index (Phi) is 5.52. The first-order valence-electron chi connectivity index (χ1n) is 10.7. The Balaban J connectivity index is 1.39. The maximum Gasteiger partial charge on any atom is 0.410 e. The van der Waals surface area contributed by atoms with Gasteiger partial charge in [0.25, 0.3) is 0 Å². The number of ether oxygens (including phenoxy) is 2. The molecule has 2 unspecified atom stereocenters. The summed E-state index contributed by atoms with van der Waals surface area (Å²) >= 11 is 0. The van der Waals surface area contributed by atoms with Gasteiger partial charge >= 0.3 is 6.09 Å². The van der Waals surface area contributed by atoms with Gasteiger partial charge in [-0.2, -0.15) is 0 Å². The van der Waals surface area contributed by atoms with Crippen molar-refractivity contribution in [3.05, 3.63) is 29.8 Å². The Morgan fingerprint density at radius 3 is 2.39 bits per heavy atom. The van der Waals surface area contributed by atoms with Crippen LogP contribution in [0.1, 0.15) is 51.0 Å². The van der Waals surface area contributed by atoms with Gasteiger partial charge in [-0.1, -0.05) is 18.2 Å². The summed E-state index contributed by atoms with van der Waals surface area (Å²) in [6, 6.07) is 9.36. The van der Waals surface area contributed by atoms with Crippen molar-refractivity contribution in [3.8, 4) is 5.75 Å². The largest absolute Gasteiger partial charge is 0.496 e. The van der Waals surface area contributed by atoms with E-state index in [9.17, 15) is 4.79 Å². The minimum Gasteiger partial charge on any atom is -0.496 e. The first kappa shape index (κ1) is 19.5. The van der Waals surface area contributed by atoms with E-state index in [0.717, 1.165) is 62.9 Å². The summed E-state index contributed by atoms with van der Waals surface area (Å²) < 4.78 is 10.8. The van der Waals surface area contributed by atoms with Crippen molar-refractivity contribution >= 4 is 6.09 Å².